The van der Waals surface area contributed by atoms with Crippen molar-refractivity contribution in [2.24, 2.45) is 5.41 Å². The van der Waals surface area contributed by atoms with E-state index in [-0.39, 0.29) is 0 Å². The SMILES string of the molecule is C[C@@H](NCC(C)(C)C)c1cccnc1. The summed E-state index contributed by atoms with van der Waals surface area (Å²) in [7, 11) is 0. The average Bonchev–Trinajstić information content (AvgIpc) is 2.14. The van der Waals surface area contributed by atoms with Crippen molar-refractivity contribution in [3.8, 4) is 0 Å². The van der Waals surface area contributed by atoms with Gasteiger partial charge in [0.15, 0.2) is 0 Å². The molecule has 0 aliphatic heterocycles. The minimum absolute atomic E-state index is 0.330. The summed E-state index contributed by atoms with van der Waals surface area (Å²) in [6, 6.07) is 4.46. The second kappa shape index (κ2) is 4.56. The van der Waals surface area contributed by atoms with Gasteiger partial charge in [-0.1, -0.05) is 26.8 Å². The first-order valence-corrected chi connectivity index (χ1v) is 5.12. The van der Waals surface area contributed by atoms with Crippen LogP contribution in [-0.4, -0.2) is 11.5 Å². The third kappa shape index (κ3) is 3.88. The van der Waals surface area contributed by atoms with Gasteiger partial charge in [-0.3, -0.25) is 4.98 Å². The summed E-state index contributed by atoms with van der Waals surface area (Å²) in [5.74, 6) is 0. The van der Waals surface area contributed by atoms with Crippen LogP contribution in [0.5, 0.6) is 0 Å². The summed E-state index contributed by atoms with van der Waals surface area (Å²) in [4.78, 5) is 4.11. The van der Waals surface area contributed by atoms with Crippen molar-refractivity contribution in [2.45, 2.75) is 33.7 Å². The van der Waals surface area contributed by atoms with Gasteiger partial charge < -0.3 is 5.32 Å². The largest absolute Gasteiger partial charge is 0.310 e. The van der Waals surface area contributed by atoms with Crippen molar-refractivity contribution in [2.75, 3.05) is 6.54 Å². The third-order valence-electron chi connectivity index (χ3n) is 2.12. The lowest BCUT2D eigenvalue weighted by atomic mass is 9.96. The van der Waals surface area contributed by atoms with Crippen LogP contribution in [0.25, 0.3) is 0 Å². The van der Waals surface area contributed by atoms with Gasteiger partial charge in [0.05, 0.1) is 0 Å². The van der Waals surface area contributed by atoms with E-state index in [0.29, 0.717) is 11.5 Å². The topological polar surface area (TPSA) is 24.9 Å². The van der Waals surface area contributed by atoms with E-state index in [1.165, 1.54) is 5.56 Å². The quantitative estimate of drug-likeness (QED) is 0.796. The maximum atomic E-state index is 4.11. The van der Waals surface area contributed by atoms with Gasteiger partial charge in [-0.2, -0.15) is 0 Å². The minimum atomic E-state index is 0.330. The zero-order valence-corrected chi connectivity index (χ0v) is 9.54. The Morgan fingerprint density at radius 3 is 2.64 bits per heavy atom. The molecule has 0 fully saturated rings. The van der Waals surface area contributed by atoms with E-state index < -0.39 is 0 Å². The lowest BCUT2D eigenvalue weighted by Crippen LogP contribution is -2.29. The van der Waals surface area contributed by atoms with E-state index in [4.69, 9.17) is 0 Å². The maximum Gasteiger partial charge on any atom is 0.0315 e. The summed E-state index contributed by atoms with van der Waals surface area (Å²) in [5, 5.41) is 3.50. The Kier molecular flexibility index (Phi) is 3.64. The molecule has 1 heterocycles. The molecule has 0 amide bonds. The van der Waals surface area contributed by atoms with Crippen molar-refractivity contribution >= 4 is 0 Å². The van der Waals surface area contributed by atoms with E-state index in [9.17, 15) is 0 Å². The van der Waals surface area contributed by atoms with Gasteiger partial charge in [-0.25, -0.2) is 0 Å². The predicted octanol–water partition coefficient (Wildman–Crippen LogP) is 2.78. The number of hydrogen-bond acceptors (Lipinski definition) is 2. The van der Waals surface area contributed by atoms with Crippen LogP contribution >= 0.6 is 0 Å². The number of rotatable bonds is 3. The van der Waals surface area contributed by atoms with Gasteiger partial charge in [0, 0.05) is 25.0 Å². The molecule has 0 aliphatic rings. The molecule has 14 heavy (non-hydrogen) atoms. The van der Waals surface area contributed by atoms with Crippen LogP contribution in [0.15, 0.2) is 24.5 Å². The molecule has 0 spiro atoms. The second-order valence-corrected chi connectivity index (χ2v) is 4.95. The Bertz CT molecular complexity index is 261. The van der Waals surface area contributed by atoms with E-state index >= 15 is 0 Å². The fourth-order valence-electron chi connectivity index (χ4n) is 1.21. The predicted molar refractivity (Wildman–Crippen MR) is 60.1 cm³/mol. The highest BCUT2D eigenvalue weighted by atomic mass is 14.9. The van der Waals surface area contributed by atoms with Crippen molar-refractivity contribution in [3.63, 3.8) is 0 Å². The van der Waals surface area contributed by atoms with E-state index in [1.54, 1.807) is 6.20 Å². The van der Waals surface area contributed by atoms with Crippen LogP contribution in [0.1, 0.15) is 39.3 Å². The fourth-order valence-corrected chi connectivity index (χ4v) is 1.21. The monoisotopic (exact) mass is 192 g/mol. The Hall–Kier alpha value is -0.890. The second-order valence-electron chi connectivity index (χ2n) is 4.95. The Morgan fingerprint density at radius 2 is 2.14 bits per heavy atom. The molecule has 0 aliphatic carbocycles. The van der Waals surface area contributed by atoms with Crippen LogP contribution in [0.4, 0.5) is 0 Å². The highest BCUT2D eigenvalue weighted by molar-refractivity contribution is 5.12. The molecule has 0 aromatic carbocycles. The van der Waals surface area contributed by atoms with Gasteiger partial charge in [-0.15, -0.1) is 0 Å². The molecule has 2 nitrogen and oxygen atoms in total. The van der Waals surface area contributed by atoms with Crippen molar-refractivity contribution < 1.29 is 0 Å². The van der Waals surface area contributed by atoms with E-state index in [0.717, 1.165) is 6.54 Å². The molecule has 0 saturated carbocycles. The fraction of sp³-hybridized carbons (Fsp3) is 0.583. The highest BCUT2D eigenvalue weighted by Crippen LogP contribution is 2.15. The Balaban J connectivity index is 2.48. The van der Waals surface area contributed by atoms with Gasteiger partial charge in [0.25, 0.3) is 0 Å². The lowest BCUT2D eigenvalue weighted by Gasteiger charge is -2.22. The lowest BCUT2D eigenvalue weighted by molar-refractivity contribution is 0.359. The molecule has 1 rings (SSSR count). The molecular weight excluding hydrogens is 172 g/mol. The molecule has 0 radical (unpaired) electrons. The van der Waals surface area contributed by atoms with E-state index in [2.05, 4.69) is 44.1 Å². The van der Waals surface area contributed by atoms with Crippen LogP contribution < -0.4 is 5.32 Å². The van der Waals surface area contributed by atoms with Crippen molar-refractivity contribution in [1.29, 1.82) is 0 Å². The zero-order chi connectivity index (χ0) is 10.6. The molecule has 0 saturated heterocycles. The average molecular weight is 192 g/mol. The number of nitrogens with zero attached hydrogens (tertiary/aromatic N) is 1. The first-order valence-electron chi connectivity index (χ1n) is 5.12. The van der Waals surface area contributed by atoms with Crippen LogP contribution in [0, 0.1) is 5.41 Å². The molecule has 1 N–H and O–H groups in total. The standard InChI is InChI=1S/C12H20N2/c1-10(14-9-12(2,3)4)11-6-5-7-13-8-11/h5-8,10,14H,9H2,1-4H3/t10-/m1/s1. The number of nitrogens with one attached hydrogen (secondary N) is 1. The molecule has 78 valence electrons. The molecule has 0 unspecified atom stereocenters. The molecule has 0 bridgehead atoms. The number of hydrogen-bond donors (Lipinski definition) is 1. The molecule has 1 atom stereocenters. The van der Waals surface area contributed by atoms with Crippen LogP contribution in [-0.2, 0) is 0 Å². The summed E-state index contributed by atoms with van der Waals surface area (Å²) in [5.41, 5.74) is 1.58. The van der Waals surface area contributed by atoms with E-state index in [1.807, 2.05) is 12.3 Å². The van der Waals surface area contributed by atoms with Crippen molar-refractivity contribution in [3.05, 3.63) is 30.1 Å². The molecule has 1 aromatic heterocycles. The Morgan fingerprint density at radius 1 is 1.43 bits per heavy atom. The normalized spacial score (nSPS) is 14.0. The van der Waals surface area contributed by atoms with Gasteiger partial charge in [0.2, 0.25) is 0 Å². The summed E-state index contributed by atoms with van der Waals surface area (Å²) >= 11 is 0. The smallest absolute Gasteiger partial charge is 0.0315 e. The summed E-state index contributed by atoms with van der Waals surface area (Å²) < 4.78 is 0. The summed E-state index contributed by atoms with van der Waals surface area (Å²) in [6.07, 6.45) is 3.72. The number of aromatic nitrogens is 1. The highest BCUT2D eigenvalue weighted by Gasteiger charge is 2.12. The molecular formula is C12H20N2. The molecule has 2 heteroatoms. The summed E-state index contributed by atoms with van der Waals surface area (Å²) in [6.45, 7) is 9.88. The Labute approximate surface area is 86.8 Å². The maximum absolute atomic E-state index is 4.11. The first kappa shape index (κ1) is 11.2. The van der Waals surface area contributed by atoms with Gasteiger partial charge >= 0.3 is 0 Å². The zero-order valence-electron chi connectivity index (χ0n) is 9.54. The van der Waals surface area contributed by atoms with Crippen LogP contribution in [0.3, 0.4) is 0 Å². The first-order chi connectivity index (χ1) is 6.49. The van der Waals surface area contributed by atoms with Crippen LogP contribution in [0.2, 0.25) is 0 Å². The van der Waals surface area contributed by atoms with Gasteiger partial charge in [0.1, 0.15) is 0 Å². The third-order valence-corrected chi connectivity index (χ3v) is 2.12. The number of pyridine rings is 1. The van der Waals surface area contributed by atoms with Crippen molar-refractivity contribution in [1.82, 2.24) is 10.3 Å². The minimum Gasteiger partial charge on any atom is -0.310 e. The molecule has 1 aromatic rings. The van der Waals surface area contributed by atoms with Gasteiger partial charge in [-0.05, 0) is 24.0 Å².